The van der Waals surface area contributed by atoms with Crippen LogP contribution in [0.15, 0.2) is 47.3 Å². The van der Waals surface area contributed by atoms with E-state index in [9.17, 15) is 0 Å². The van der Waals surface area contributed by atoms with E-state index in [0.717, 1.165) is 25.9 Å². The standard InChI is InChI=1S/C18H25NO/c1-3-9-19-13-18(12-17-8-10-20-14-17)11-16-6-4-15(2)5-7-16/h4-8,10,14,18-19H,3,9,11-13H2,1-2H3. The van der Waals surface area contributed by atoms with Gasteiger partial charge in [-0.25, -0.2) is 0 Å². The molecule has 0 spiro atoms. The number of benzene rings is 1. The Morgan fingerprint density at radius 1 is 1.05 bits per heavy atom. The zero-order chi connectivity index (χ0) is 14.2. The lowest BCUT2D eigenvalue weighted by molar-refractivity contribution is 0.467. The Hall–Kier alpha value is -1.54. The Balaban J connectivity index is 1.95. The van der Waals surface area contributed by atoms with Crippen molar-refractivity contribution in [2.45, 2.75) is 33.1 Å². The molecule has 0 bridgehead atoms. The van der Waals surface area contributed by atoms with E-state index in [1.807, 2.05) is 6.26 Å². The molecule has 108 valence electrons. The quantitative estimate of drug-likeness (QED) is 0.734. The number of nitrogens with one attached hydrogen (secondary N) is 1. The summed E-state index contributed by atoms with van der Waals surface area (Å²) in [6.45, 7) is 6.50. The highest BCUT2D eigenvalue weighted by Crippen LogP contribution is 2.15. The van der Waals surface area contributed by atoms with Crippen molar-refractivity contribution in [3.63, 3.8) is 0 Å². The zero-order valence-electron chi connectivity index (χ0n) is 12.6. The Bertz CT molecular complexity index is 473. The zero-order valence-corrected chi connectivity index (χ0v) is 12.6. The molecular formula is C18H25NO. The highest BCUT2D eigenvalue weighted by Gasteiger charge is 2.11. The fraction of sp³-hybridized carbons (Fsp3) is 0.444. The fourth-order valence-electron chi connectivity index (χ4n) is 2.50. The largest absolute Gasteiger partial charge is 0.472 e. The Kier molecular flexibility index (Phi) is 5.87. The first-order chi connectivity index (χ1) is 9.78. The molecular weight excluding hydrogens is 246 g/mol. The molecule has 0 saturated heterocycles. The van der Waals surface area contributed by atoms with Gasteiger partial charge < -0.3 is 9.73 Å². The van der Waals surface area contributed by atoms with Crippen LogP contribution in [0.25, 0.3) is 0 Å². The smallest absolute Gasteiger partial charge is 0.0934 e. The highest BCUT2D eigenvalue weighted by molar-refractivity contribution is 5.22. The van der Waals surface area contributed by atoms with Crippen LogP contribution in [-0.4, -0.2) is 13.1 Å². The highest BCUT2D eigenvalue weighted by atomic mass is 16.3. The Labute approximate surface area is 122 Å². The van der Waals surface area contributed by atoms with E-state index in [2.05, 4.69) is 49.5 Å². The van der Waals surface area contributed by atoms with Crippen LogP contribution in [0.5, 0.6) is 0 Å². The molecule has 2 rings (SSSR count). The van der Waals surface area contributed by atoms with Crippen molar-refractivity contribution in [2.24, 2.45) is 5.92 Å². The lowest BCUT2D eigenvalue weighted by Gasteiger charge is -2.17. The minimum atomic E-state index is 0.613. The number of hydrogen-bond acceptors (Lipinski definition) is 2. The number of aryl methyl sites for hydroxylation is 1. The molecule has 20 heavy (non-hydrogen) atoms. The molecule has 0 aliphatic carbocycles. The second kappa shape index (κ2) is 7.91. The number of hydrogen-bond donors (Lipinski definition) is 1. The third-order valence-electron chi connectivity index (χ3n) is 3.61. The maximum atomic E-state index is 5.19. The molecule has 0 saturated carbocycles. The lowest BCUT2D eigenvalue weighted by atomic mass is 9.93. The number of furan rings is 1. The van der Waals surface area contributed by atoms with Gasteiger partial charge in [-0.05, 0) is 62.4 Å². The van der Waals surface area contributed by atoms with Crippen molar-refractivity contribution in [1.82, 2.24) is 5.32 Å². The average Bonchev–Trinajstić information content (AvgIpc) is 2.94. The molecule has 1 heterocycles. The first-order valence-electron chi connectivity index (χ1n) is 7.55. The SMILES string of the molecule is CCCNCC(Cc1ccc(C)cc1)Cc1ccoc1. The van der Waals surface area contributed by atoms with Gasteiger partial charge in [-0.15, -0.1) is 0 Å². The van der Waals surface area contributed by atoms with Crippen LogP contribution in [-0.2, 0) is 12.8 Å². The van der Waals surface area contributed by atoms with Crippen LogP contribution in [0, 0.1) is 12.8 Å². The van der Waals surface area contributed by atoms with Gasteiger partial charge in [0.25, 0.3) is 0 Å². The first kappa shape index (κ1) is 14.9. The summed E-state index contributed by atoms with van der Waals surface area (Å²) in [4.78, 5) is 0. The van der Waals surface area contributed by atoms with E-state index in [-0.39, 0.29) is 0 Å². The molecule has 0 aliphatic heterocycles. The minimum absolute atomic E-state index is 0.613. The lowest BCUT2D eigenvalue weighted by Crippen LogP contribution is -2.26. The van der Waals surface area contributed by atoms with E-state index >= 15 is 0 Å². The molecule has 0 aliphatic rings. The van der Waals surface area contributed by atoms with Crippen LogP contribution in [0.3, 0.4) is 0 Å². The Morgan fingerprint density at radius 2 is 1.80 bits per heavy atom. The molecule has 0 fully saturated rings. The van der Waals surface area contributed by atoms with Crippen molar-refractivity contribution in [3.8, 4) is 0 Å². The summed E-state index contributed by atoms with van der Waals surface area (Å²) in [6.07, 6.45) is 6.99. The summed E-state index contributed by atoms with van der Waals surface area (Å²) in [5, 5.41) is 3.55. The van der Waals surface area contributed by atoms with Gasteiger partial charge in [0, 0.05) is 0 Å². The normalized spacial score (nSPS) is 12.5. The van der Waals surface area contributed by atoms with Gasteiger partial charge in [0.1, 0.15) is 0 Å². The molecule has 2 heteroatoms. The summed E-state index contributed by atoms with van der Waals surface area (Å²) >= 11 is 0. The maximum absolute atomic E-state index is 5.19. The molecule has 2 aromatic rings. The van der Waals surface area contributed by atoms with Crippen molar-refractivity contribution < 1.29 is 4.42 Å². The van der Waals surface area contributed by atoms with Crippen molar-refractivity contribution in [2.75, 3.05) is 13.1 Å². The summed E-state index contributed by atoms with van der Waals surface area (Å²) < 4.78 is 5.19. The minimum Gasteiger partial charge on any atom is -0.472 e. The van der Waals surface area contributed by atoms with Crippen LogP contribution in [0.1, 0.15) is 30.0 Å². The monoisotopic (exact) mass is 271 g/mol. The van der Waals surface area contributed by atoms with Crippen molar-refractivity contribution >= 4 is 0 Å². The third kappa shape index (κ3) is 4.86. The fourth-order valence-corrected chi connectivity index (χ4v) is 2.50. The van der Waals surface area contributed by atoms with Gasteiger partial charge in [0.05, 0.1) is 12.5 Å². The van der Waals surface area contributed by atoms with Crippen LogP contribution >= 0.6 is 0 Å². The summed E-state index contributed by atoms with van der Waals surface area (Å²) in [5.41, 5.74) is 4.03. The van der Waals surface area contributed by atoms with E-state index in [0.29, 0.717) is 5.92 Å². The van der Waals surface area contributed by atoms with E-state index in [4.69, 9.17) is 4.42 Å². The van der Waals surface area contributed by atoms with E-state index in [1.165, 1.54) is 23.1 Å². The van der Waals surface area contributed by atoms with Crippen molar-refractivity contribution in [3.05, 3.63) is 59.5 Å². The molecule has 0 radical (unpaired) electrons. The van der Waals surface area contributed by atoms with Crippen LogP contribution < -0.4 is 5.32 Å². The molecule has 0 amide bonds. The summed E-state index contributed by atoms with van der Waals surface area (Å²) in [7, 11) is 0. The molecule has 2 nitrogen and oxygen atoms in total. The van der Waals surface area contributed by atoms with Gasteiger partial charge in [-0.2, -0.15) is 0 Å². The third-order valence-corrected chi connectivity index (χ3v) is 3.61. The summed E-state index contributed by atoms with van der Waals surface area (Å²) in [5.74, 6) is 0.613. The topological polar surface area (TPSA) is 25.2 Å². The molecule has 1 aromatic carbocycles. The predicted octanol–water partition coefficient (Wildman–Crippen LogP) is 3.99. The van der Waals surface area contributed by atoms with Gasteiger partial charge in [0.15, 0.2) is 0 Å². The van der Waals surface area contributed by atoms with Crippen molar-refractivity contribution in [1.29, 1.82) is 0 Å². The molecule has 1 unspecified atom stereocenters. The summed E-state index contributed by atoms with van der Waals surface area (Å²) in [6, 6.07) is 11.0. The van der Waals surface area contributed by atoms with E-state index in [1.54, 1.807) is 6.26 Å². The van der Waals surface area contributed by atoms with Gasteiger partial charge in [0.2, 0.25) is 0 Å². The van der Waals surface area contributed by atoms with E-state index < -0.39 is 0 Å². The first-order valence-corrected chi connectivity index (χ1v) is 7.55. The second-order valence-corrected chi connectivity index (χ2v) is 5.60. The second-order valence-electron chi connectivity index (χ2n) is 5.60. The molecule has 1 aromatic heterocycles. The predicted molar refractivity (Wildman–Crippen MR) is 83.9 cm³/mol. The molecule has 1 atom stereocenters. The van der Waals surface area contributed by atoms with Crippen LogP contribution in [0.2, 0.25) is 0 Å². The molecule has 1 N–H and O–H groups in total. The number of rotatable bonds is 8. The average molecular weight is 271 g/mol. The van der Waals surface area contributed by atoms with Gasteiger partial charge >= 0.3 is 0 Å². The van der Waals surface area contributed by atoms with Crippen LogP contribution in [0.4, 0.5) is 0 Å². The van der Waals surface area contributed by atoms with Gasteiger partial charge in [-0.1, -0.05) is 36.8 Å². The van der Waals surface area contributed by atoms with Gasteiger partial charge in [-0.3, -0.25) is 0 Å². The maximum Gasteiger partial charge on any atom is 0.0934 e. The Morgan fingerprint density at radius 3 is 2.45 bits per heavy atom.